The fourth-order valence-electron chi connectivity index (χ4n) is 1.19. The lowest BCUT2D eigenvalue weighted by atomic mass is 10.0. The highest BCUT2D eigenvalue weighted by atomic mass is 32.2. The van der Waals surface area contributed by atoms with Crippen LogP contribution in [0.3, 0.4) is 0 Å². The van der Waals surface area contributed by atoms with Gasteiger partial charge in [0.05, 0.1) is 7.11 Å². The Balaban J connectivity index is 3.02. The van der Waals surface area contributed by atoms with Gasteiger partial charge in [0, 0.05) is 5.75 Å². The van der Waals surface area contributed by atoms with E-state index < -0.39 is 16.9 Å². The molecule has 0 saturated carbocycles. The second kappa shape index (κ2) is 3.84. The molecule has 0 amide bonds. The number of rotatable bonds is 1. The average molecular weight is 226 g/mol. The SMILES string of the molecule is COC(=O)C1(C(F)(F)F)CC=CCS1. The van der Waals surface area contributed by atoms with E-state index in [1.54, 1.807) is 6.08 Å². The molecule has 0 aromatic heterocycles. The van der Waals surface area contributed by atoms with Crippen LogP contribution in [0.1, 0.15) is 6.42 Å². The number of carbonyl (C=O) groups is 1. The normalized spacial score (nSPS) is 27.4. The van der Waals surface area contributed by atoms with Gasteiger partial charge in [-0.25, -0.2) is 0 Å². The molecule has 1 rings (SSSR count). The molecule has 1 aliphatic rings. The molecule has 1 unspecified atom stereocenters. The van der Waals surface area contributed by atoms with Crippen molar-refractivity contribution in [1.29, 1.82) is 0 Å². The number of carbonyl (C=O) groups excluding carboxylic acids is 1. The lowest BCUT2D eigenvalue weighted by molar-refractivity contribution is -0.184. The van der Waals surface area contributed by atoms with Gasteiger partial charge in [-0.1, -0.05) is 12.2 Å². The minimum absolute atomic E-state index is 0.175. The third kappa shape index (κ3) is 1.75. The molecule has 1 atom stereocenters. The van der Waals surface area contributed by atoms with E-state index in [0.29, 0.717) is 11.8 Å². The predicted octanol–water partition coefficient (Wildman–Crippen LogP) is 2.15. The van der Waals surface area contributed by atoms with Crippen molar-refractivity contribution in [3.8, 4) is 0 Å². The van der Waals surface area contributed by atoms with Crippen LogP contribution in [0.4, 0.5) is 13.2 Å². The van der Waals surface area contributed by atoms with Gasteiger partial charge in [-0.05, 0) is 6.42 Å². The maximum Gasteiger partial charge on any atom is 0.414 e. The summed E-state index contributed by atoms with van der Waals surface area (Å²) in [6.45, 7) is 0. The van der Waals surface area contributed by atoms with Gasteiger partial charge in [-0.2, -0.15) is 13.2 Å². The molecular weight excluding hydrogens is 217 g/mol. The molecule has 0 aliphatic carbocycles. The van der Waals surface area contributed by atoms with Gasteiger partial charge in [-0.3, -0.25) is 4.79 Å². The highest BCUT2D eigenvalue weighted by Gasteiger charge is 2.61. The number of alkyl halides is 3. The minimum atomic E-state index is -4.57. The second-order valence-corrected chi connectivity index (χ2v) is 4.12. The molecule has 0 N–H and O–H groups in total. The van der Waals surface area contributed by atoms with Crippen molar-refractivity contribution in [1.82, 2.24) is 0 Å². The van der Waals surface area contributed by atoms with Gasteiger partial charge in [-0.15, -0.1) is 11.8 Å². The molecule has 1 aliphatic heterocycles. The van der Waals surface area contributed by atoms with E-state index in [4.69, 9.17) is 0 Å². The van der Waals surface area contributed by atoms with Crippen LogP contribution in [0.15, 0.2) is 12.2 Å². The molecule has 1 heterocycles. The maximum atomic E-state index is 12.7. The first kappa shape index (κ1) is 11.4. The topological polar surface area (TPSA) is 26.3 Å². The molecular formula is C8H9F3O2S. The highest BCUT2D eigenvalue weighted by molar-refractivity contribution is 8.01. The van der Waals surface area contributed by atoms with Crippen LogP contribution in [-0.2, 0) is 9.53 Å². The zero-order valence-corrected chi connectivity index (χ0v) is 8.24. The van der Waals surface area contributed by atoms with Gasteiger partial charge in [0.2, 0.25) is 4.75 Å². The first-order chi connectivity index (χ1) is 6.44. The summed E-state index contributed by atoms with van der Waals surface area (Å²) in [5.74, 6) is -1.05. The van der Waals surface area contributed by atoms with Gasteiger partial charge in [0.1, 0.15) is 0 Å². The van der Waals surface area contributed by atoms with Gasteiger partial charge in [0.15, 0.2) is 0 Å². The quantitative estimate of drug-likeness (QED) is 0.506. The monoisotopic (exact) mass is 226 g/mol. The van der Waals surface area contributed by atoms with Crippen molar-refractivity contribution >= 4 is 17.7 Å². The Morgan fingerprint density at radius 3 is 2.50 bits per heavy atom. The Kier molecular flexibility index (Phi) is 3.14. The summed E-state index contributed by atoms with van der Waals surface area (Å²) in [5, 5.41) is 0. The standard InChI is InChI=1S/C8H9F3O2S/c1-13-6(12)7(8(9,10)11)4-2-3-5-14-7/h2-3H,4-5H2,1H3. The average Bonchev–Trinajstić information content (AvgIpc) is 2.16. The summed E-state index contributed by atoms with van der Waals surface area (Å²) >= 11 is 0.564. The molecule has 6 heteroatoms. The van der Waals surface area contributed by atoms with E-state index >= 15 is 0 Å². The third-order valence-corrected chi connectivity index (χ3v) is 3.39. The molecule has 0 fully saturated rings. The molecule has 0 bridgehead atoms. The largest absolute Gasteiger partial charge is 0.468 e. The number of allylic oxidation sites excluding steroid dienone is 1. The van der Waals surface area contributed by atoms with Crippen molar-refractivity contribution in [2.24, 2.45) is 0 Å². The second-order valence-electron chi connectivity index (χ2n) is 2.80. The molecule has 80 valence electrons. The molecule has 0 aromatic carbocycles. The molecule has 0 spiro atoms. The summed E-state index contributed by atoms with van der Waals surface area (Å²) in [7, 11) is 0.967. The molecule has 14 heavy (non-hydrogen) atoms. The van der Waals surface area contributed by atoms with Crippen molar-refractivity contribution in [2.45, 2.75) is 17.3 Å². The lowest BCUT2D eigenvalue weighted by Gasteiger charge is -2.32. The Bertz CT molecular complexity index is 262. The molecule has 0 saturated heterocycles. The van der Waals surface area contributed by atoms with Crippen molar-refractivity contribution in [2.75, 3.05) is 12.9 Å². The van der Waals surface area contributed by atoms with Crippen molar-refractivity contribution < 1.29 is 22.7 Å². The maximum absolute atomic E-state index is 12.7. The van der Waals surface area contributed by atoms with Crippen LogP contribution < -0.4 is 0 Å². The van der Waals surface area contributed by atoms with E-state index in [0.717, 1.165) is 7.11 Å². The van der Waals surface area contributed by atoms with E-state index in [-0.39, 0.29) is 12.2 Å². The van der Waals surface area contributed by atoms with Crippen LogP contribution in [0.25, 0.3) is 0 Å². The molecule has 0 aromatic rings. The summed E-state index contributed by atoms with van der Waals surface area (Å²) < 4.78 is 39.8. The Morgan fingerprint density at radius 2 is 2.14 bits per heavy atom. The Hall–Kier alpha value is -0.650. The van der Waals surface area contributed by atoms with Gasteiger partial charge >= 0.3 is 12.1 Å². The summed E-state index contributed by atoms with van der Waals surface area (Å²) in [4.78, 5) is 11.1. The number of hydrogen-bond donors (Lipinski definition) is 0. The van der Waals surface area contributed by atoms with Crippen molar-refractivity contribution in [3.63, 3.8) is 0 Å². The molecule has 0 radical (unpaired) electrons. The summed E-state index contributed by atoms with van der Waals surface area (Å²) in [6.07, 6.45) is -1.96. The Labute approximate surface area is 83.5 Å². The zero-order chi connectivity index (χ0) is 10.8. The van der Waals surface area contributed by atoms with Gasteiger partial charge in [0.25, 0.3) is 0 Å². The Morgan fingerprint density at radius 1 is 1.50 bits per heavy atom. The van der Waals surface area contributed by atoms with E-state index in [9.17, 15) is 18.0 Å². The highest BCUT2D eigenvalue weighted by Crippen LogP contribution is 2.47. The van der Waals surface area contributed by atoms with E-state index in [1.165, 1.54) is 6.08 Å². The predicted molar refractivity (Wildman–Crippen MR) is 47.0 cm³/mol. The van der Waals surface area contributed by atoms with Gasteiger partial charge < -0.3 is 4.74 Å². The smallest absolute Gasteiger partial charge is 0.414 e. The minimum Gasteiger partial charge on any atom is -0.468 e. The lowest BCUT2D eigenvalue weighted by Crippen LogP contribution is -2.50. The fourth-order valence-corrected chi connectivity index (χ4v) is 2.28. The van der Waals surface area contributed by atoms with Crippen LogP contribution in [-0.4, -0.2) is 29.8 Å². The molecule has 2 nitrogen and oxygen atoms in total. The number of ether oxygens (including phenoxy) is 1. The first-order valence-electron chi connectivity index (χ1n) is 3.88. The number of esters is 1. The van der Waals surface area contributed by atoms with Crippen LogP contribution in [0, 0.1) is 0 Å². The van der Waals surface area contributed by atoms with Crippen LogP contribution in [0.2, 0.25) is 0 Å². The fraction of sp³-hybridized carbons (Fsp3) is 0.625. The number of halogens is 3. The first-order valence-corrected chi connectivity index (χ1v) is 4.87. The van der Waals surface area contributed by atoms with E-state index in [1.807, 2.05) is 0 Å². The van der Waals surface area contributed by atoms with Crippen molar-refractivity contribution in [3.05, 3.63) is 12.2 Å². The number of methoxy groups -OCH3 is 1. The van der Waals surface area contributed by atoms with Crippen LogP contribution in [0.5, 0.6) is 0 Å². The van der Waals surface area contributed by atoms with Crippen LogP contribution >= 0.6 is 11.8 Å². The van der Waals surface area contributed by atoms with E-state index in [2.05, 4.69) is 4.74 Å². The zero-order valence-electron chi connectivity index (χ0n) is 7.43. The number of thioether (sulfide) groups is 1. The summed E-state index contributed by atoms with van der Waals surface area (Å²) in [5.41, 5.74) is 0. The summed E-state index contributed by atoms with van der Waals surface area (Å²) in [6, 6.07) is 0. The number of hydrogen-bond acceptors (Lipinski definition) is 3. The third-order valence-electron chi connectivity index (χ3n) is 1.97.